The summed E-state index contributed by atoms with van der Waals surface area (Å²) in [5, 5.41) is 16.5. The van der Waals surface area contributed by atoms with Crippen LogP contribution in [0.2, 0.25) is 5.15 Å². The number of anilines is 1. The van der Waals surface area contributed by atoms with Crippen LogP contribution in [0.1, 0.15) is 19.7 Å². The first-order valence-corrected chi connectivity index (χ1v) is 13.2. The van der Waals surface area contributed by atoms with Crippen LogP contribution in [0.25, 0.3) is 33.5 Å². The van der Waals surface area contributed by atoms with Gasteiger partial charge >= 0.3 is 0 Å². The first kappa shape index (κ1) is 23.7. The largest absolute Gasteiger partial charge is 0.419 e. The number of morpholine rings is 1. The Labute approximate surface area is 206 Å². The first-order valence-electron chi connectivity index (χ1n) is 11.0. The minimum Gasteiger partial charge on any atom is -0.419 e. The number of sulfonamides is 1. The quantitative estimate of drug-likeness (QED) is 0.368. The van der Waals surface area contributed by atoms with E-state index >= 15 is 0 Å². The zero-order chi connectivity index (χ0) is 24.7. The molecule has 0 aliphatic carbocycles. The summed E-state index contributed by atoms with van der Waals surface area (Å²) in [4.78, 5) is 6.37. The van der Waals surface area contributed by atoms with E-state index in [0.717, 1.165) is 35.8 Å². The van der Waals surface area contributed by atoms with Gasteiger partial charge in [0.15, 0.2) is 5.15 Å². The molecular weight excluding hydrogens is 494 g/mol. The van der Waals surface area contributed by atoms with Gasteiger partial charge in [-0.1, -0.05) is 11.6 Å². The third-order valence-corrected chi connectivity index (χ3v) is 6.47. The zero-order valence-corrected chi connectivity index (χ0v) is 20.9. The molecule has 0 bridgehead atoms. The summed E-state index contributed by atoms with van der Waals surface area (Å²) >= 11 is 6.10. The normalized spacial score (nSPS) is 19.3. The van der Waals surface area contributed by atoms with E-state index in [-0.39, 0.29) is 23.0 Å². The lowest BCUT2D eigenvalue weighted by atomic mass is 10.0. The van der Waals surface area contributed by atoms with Crippen molar-refractivity contribution in [3.05, 3.63) is 41.6 Å². The molecule has 3 aromatic heterocycles. The van der Waals surface area contributed by atoms with Gasteiger partial charge < -0.3 is 9.15 Å². The number of nitrogens with zero attached hydrogens (tertiary/aromatic N) is 5. The van der Waals surface area contributed by atoms with Crippen LogP contribution in [-0.4, -0.2) is 70.2 Å². The number of aromatic amines is 1. The van der Waals surface area contributed by atoms with Crippen LogP contribution >= 0.6 is 11.6 Å². The fraction of sp³-hybridized carbons (Fsp3) is 0.364. The number of pyridine rings is 1. The second-order valence-electron chi connectivity index (χ2n) is 8.74. The van der Waals surface area contributed by atoms with E-state index in [4.69, 9.17) is 20.8 Å². The van der Waals surface area contributed by atoms with Gasteiger partial charge in [-0.2, -0.15) is 5.10 Å². The second kappa shape index (κ2) is 9.19. The molecule has 0 unspecified atom stereocenters. The average molecular weight is 518 g/mol. The maximum Gasteiger partial charge on any atom is 0.248 e. The summed E-state index contributed by atoms with van der Waals surface area (Å²) in [6, 6.07) is 5.38. The van der Waals surface area contributed by atoms with Gasteiger partial charge in [0.1, 0.15) is 0 Å². The molecule has 1 aromatic carbocycles. The van der Waals surface area contributed by atoms with Crippen molar-refractivity contribution in [2.24, 2.45) is 0 Å². The molecule has 0 saturated carbocycles. The molecule has 1 saturated heterocycles. The van der Waals surface area contributed by atoms with Gasteiger partial charge in [0, 0.05) is 30.2 Å². The van der Waals surface area contributed by atoms with Crippen molar-refractivity contribution in [1.29, 1.82) is 0 Å². The summed E-state index contributed by atoms with van der Waals surface area (Å²) in [6.45, 7) is 6.20. The van der Waals surface area contributed by atoms with E-state index in [1.165, 1.54) is 0 Å². The molecule has 0 spiro atoms. The maximum atomic E-state index is 11.7. The Kier molecular flexibility index (Phi) is 6.21. The van der Waals surface area contributed by atoms with Crippen LogP contribution in [0.3, 0.4) is 0 Å². The predicted molar refractivity (Wildman–Crippen MR) is 131 cm³/mol. The number of ether oxygens (including phenoxy) is 1. The molecule has 1 aliphatic rings. The van der Waals surface area contributed by atoms with E-state index < -0.39 is 10.0 Å². The van der Waals surface area contributed by atoms with Gasteiger partial charge in [-0.05, 0) is 37.6 Å². The fourth-order valence-electron chi connectivity index (χ4n) is 4.30. The highest BCUT2D eigenvalue weighted by Gasteiger charge is 2.24. The van der Waals surface area contributed by atoms with Crippen molar-refractivity contribution < 1.29 is 17.6 Å². The molecule has 13 heteroatoms. The highest BCUT2D eigenvalue weighted by molar-refractivity contribution is 7.92. The smallest absolute Gasteiger partial charge is 0.248 e. The van der Waals surface area contributed by atoms with Crippen molar-refractivity contribution in [3.63, 3.8) is 0 Å². The molecule has 1 aliphatic heterocycles. The molecule has 0 radical (unpaired) electrons. The van der Waals surface area contributed by atoms with E-state index in [1.54, 1.807) is 18.5 Å². The van der Waals surface area contributed by atoms with Crippen LogP contribution in [0.15, 0.2) is 35.0 Å². The number of H-pyrrole nitrogens is 1. The number of fused-ring (bicyclic) bond motifs is 1. The number of hydrogen-bond acceptors (Lipinski definition) is 9. The van der Waals surface area contributed by atoms with Gasteiger partial charge in [0.25, 0.3) is 0 Å². The van der Waals surface area contributed by atoms with Gasteiger partial charge in [-0.15, -0.1) is 10.2 Å². The molecule has 2 N–H and O–H groups in total. The van der Waals surface area contributed by atoms with E-state index in [9.17, 15) is 8.42 Å². The summed E-state index contributed by atoms with van der Waals surface area (Å²) in [5.41, 5.74) is 3.02. The van der Waals surface area contributed by atoms with Gasteiger partial charge in [-0.25, -0.2) is 13.4 Å². The third kappa shape index (κ3) is 5.30. The fourth-order valence-corrected chi connectivity index (χ4v) is 5.06. The third-order valence-electron chi connectivity index (χ3n) is 5.58. The Morgan fingerprint density at radius 2 is 1.91 bits per heavy atom. The lowest BCUT2D eigenvalue weighted by Gasteiger charge is -2.34. The van der Waals surface area contributed by atoms with Crippen molar-refractivity contribution in [2.75, 3.05) is 24.1 Å². The molecule has 35 heavy (non-hydrogen) atoms. The molecule has 0 amide bonds. The van der Waals surface area contributed by atoms with Gasteiger partial charge in [0.2, 0.25) is 21.8 Å². The average Bonchev–Trinajstić information content (AvgIpc) is 3.42. The number of hydrogen-bond donors (Lipinski definition) is 2. The van der Waals surface area contributed by atoms with Crippen molar-refractivity contribution in [3.8, 4) is 22.6 Å². The monoisotopic (exact) mass is 517 g/mol. The van der Waals surface area contributed by atoms with Crippen LogP contribution in [0, 0.1) is 0 Å². The van der Waals surface area contributed by atoms with Crippen LogP contribution in [0.5, 0.6) is 0 Å². The lowest BCUT2D eigenvalue weighted by molar-refractivity contribution is -0.0721. The molecule has 5 rings (SSSR count). The van der Waals surface area contributed by atoms with Crippen molar-refractivity contribution in [2.45, 2.75) is 32.6 Å². The number of nitrogens with one attached hydrogen (secondary N) is 2. The predicted octanol–water partition coefficient (Wildman–Crippen LogP) is 3.31. The molecule has 11 nitrogen and oxygen atoms in total. The molecule has 4 aromatic rings. The molecule has 2 atom stereocenters. The van der Waals surface area contributed by atoms with Crippen molar-refractivity contribution in [1.82, 2.24) is 30.3 Å². The number of benzene rings is 1. The van der Waals surface area contributed by atoms with Crippen LogP contribution < -0.4 is 4.72 Å². The Morgan fingerprint density at radius 1 is 1.14 bits per heavy atom. The summed E-state index contributed by atoms with van der Waals surface area (Å²) < 4.78 is 37.7. The first-order chi connectivity index (χ1) is 16.6. The molecular formula is C22H24ClN7O4S. The maximum absolute atomic E-state index is 11.7. The molecule has 184 valence electrons. The Hall–Kier alpha value is -3.06. The summed E-state index contributed by atoms with van der Waals surface area (Å²) in [5.74, 6) is 0.871. The van der Waals surface area contributed by atoms with Crippen LogP contribution in [-0.2, 0) is 21.3 Å². The minimum absolute atomic E-state index is 0.0512. The summed E-state index contributed by atoms with van der Waals surface area (Å²) in [6.07, 6.45) is 4.59. The minimum atomic E-state index is -3.53. The SMILES string of the molecule is C[C@H]1CN(Cc2nnc(-c3cc(-c4cnc(Cl)c(NS(C)(=O)=O)c4)cc4[nH]ncc34)o2)C[C@H](C)O1. The van der Waals surface area contributed by atoms with E-state index in [2.05, 4.69) is 35.0 Å². The Balaban J connectivity index is 1.49. The van der Waals surface area contributed by atoms with E-state index in [0.29, 0.717) is 29.5 Å². The topological polar surface area (TPSA) is 139 Å². The molecule has 4 heterocycles. The Morgan fingerprint density at radius 3 is 2.66 bits per heavy atom. The zero-order valence-electron chi connectivity index (χ0n) is 19.3. The Bertz CT molecular complexity index is 1480. The number of rotatable bonds is 6. The van der Waals surface area contributed by atoms with Crippen LogP contribution in [0.4, 0.5) is 5.69 Å². The van der Waals surface area contributed by atoms with Gasteiger partial charge in [-0.3, -0.25) is 14.7 Å². The van der Waals surface area contributed by atoms with E-state index in [1.807, 2.05) is 26.0 Å². The lowest BCUT2D eigenvalue weighted by Crippen LogP contribution is -2.44. The molecule has 1 fully saturated rings. The number of aromatic nitrogens is 5. The highest BCUT2D eigenvalue weighted by Crippen LogP contribution is 2.34. The number of halogens is 1. The summed E-state index contributed by atoms with van der Waals surface area (Å²) in [7, 11) is -3.53. The van der Waals surface area contributed by atoms with Crippen molar-refractivity contribution >= 4 is 38.2 Å². The van der Waals surface area contributed by atoms with Gasteiger partial charge in [0.05, 0.1) is 48.0 Å². The highest BCUT2D eigenvalue weighted by atomic mass is 35.5. The second-order valence-corrected chi connectivity index (χ2v) is 10.9. The standard InChI is InChI=1S/C22H24ClN7O4S/c1-12-9-30(10-13(2)33-12)11-20-27-28-22(34-20)16-4-14(5-18-17(16)8-25-26-18)15-6-19(21(23)24-7-15)29-35(3,31)32/h4-8,12-13,29H,9-11H2,1-3H3,(H,25,26)/t12-,13-/m0/s1.